The van der Waals surface area contributed by atoms with Crippen LogP contribution < -0.4 is 5.32 Å². The average molecular weight is 347 g/mol. The molecule has 1 N–H and O–H groups in total. The summed E-state index contributed by atoms with van der Waals surface area (Å²) in [5.74, 6) is 1.19. The minimum atomic E-state index is 0.0854. The van der Waals surface area contributed by atoms with E-state index in [1.165, 1.54) is 4.88 Å². The maximum Gasteiger partial charge on any atom is 0.234 e. The predicted octanol–water partition coefficient (Wildman–Crippen LogP) is 1.48. The lowest BCUT2D eigenvalue weighted by molar-refractivity contribution is -0.123. The molecule has 0 bridgehead atoms. The fraction of sp³-hybridized carbons (Fsp3) is 0.529. The van der Waals surface area contributed by atoms with E-state index in [0.29, 0.717) is 6.54 Å². The molecule has 0 spiro atoms. The van der Waals surface area contributed by atoms with Gasteiger partial charge < -0.3 is 9.88 Å². The lowest BCUT2D eigenvalue weighted by Crippen LogP contribution is -2.49. The first kappa shape index (κ1) is 17.1. The molecule has 1 aliphatic heterocycles. The van der Waals surface area contributed by atoms with Crippen molar-refractivity contribution in [3.8, 4) is 0 Å². The smallest absolute Gasteiger partial charge is 0.234 e. The summed E-state index contributed by atoms with van der Waals surface area (Å²) in [6.07, 6.45) is 3.81. The SMILES string of the molecule is CC(NC(=O)CN1CCN(Cc2nccn2C)CC1)c1cccs1. The van der Waals surface area contributed by atoms with Gasteiger partial charge in [-0.15, -0.1) is 11.3 Å². The van der Waals surface area contributed by atoms with E-state index in [1.54, 1.807) is 11.3 Å². The van der Waals surface area contributed by atoms with Crippen LogP contribution in [0.3, 0.4) is 0 Å². The summed E-state index contributed by atoms with van der Waals surface area (Å²) >= 11 is 1.68. The van der Waals surface area contributed by atoms with E-state index in [0.717, 1.165) is 38.5 Å². The summed E-state index contributed by atoms with van der Waals surface area (Å²) < 4.78 is 2.06. The highest BCUT2D eigenvalue weighted by molar-refractivity contribution is 7.10. The molecule has 0 radical (unpaired) electrons. The molecule has 1 fully saturated rings. The fourth-order valence-corrected chi connectivity index (χ4v) is 3.69. The zero-order valence-corrected chi connectivity index (χ0v) is 15.1. The lowest BCUT2D eigenvalue weighted by Gasteiger charge is -2.34. The molecule has 6 nitrogen and oxygen atoms in total. The van der Waals surface area contributed by atoms with Gasteiger partial charge in [0, 0.05) is 50.5 Å². The second-order valence-electron chi connectivity index (χ2n) is 6.31. The van der Waals surface area contributed by atoms with Gasteiger partial charge in [-0.2, -0.15) is 0 Å². The summed E-state index contributed by atoms with van der Waals surface area (Å²) in [5.41, 5.74) is 0. The molecule has 24 heavy (non-hydrogen) atoms. The van der Waals surface area contributed by atoms with Crippen molar-refractivity contribution in [1.82, 2.24) is 24.7 Å². The first-order valence-electron chi connectivity index (χ1n) is 8.35. The third kappa shape index (κ3) is 4.43. The molecule has 3 rings (SSSR count). The highest BCUT2D eigenvalue weighted by atomic mass is 32.1. The number of nitrogens with one attached hydrogen (secondary N) is 1. The fourth-order valence-electron chi connectivity index (χ4n) is 2.95. The Morgan fingerprint density at radius 2 is 2.08 bits per heavy atom. The normalized spacial score (nSPS) is 17.8. The van der Waals surface area contributed by atoms with Crippen molar-refractivity contribution in [3.05, 3.63) is 40.6 Å². The Bertz CT molecular complexity index is 646. The summed E-state index contributed by atoms with van der Waals surface area (Å²) in [4.78, 5) is 22.4. The molecule has 0 aromatic carbocycles. The molecule has 1 saturated heterocycles. The van der Waals surface area contributed by atoms with Gasteiger partial charge in [-0.25, -0.2) is 4.98 Å². The van der Waals surface area contributed by atoms with Crippen molar-refractivity contribution in [2.24, 2.45) is 7.05 Å². The van der Waals surface area contributed by atoms with Crippen LogP contribution in [0.2, 0.25) is 0 Å². The van der Waals surface area contributed by atoms with Gasteiger partial charge >= 0.3 is 0 Å². The van der Waals surface area contributed by atoms with Crippen LogP contribution in [0.25, 0.3) is 0 Å². The highest BCUT2D eigenvalue weighted by Gasteiger charge is 2.20. The first-order valence-corrected chi connectivity index (χ1v) is 9.23. The van der Waals surface area contributed by atoms with Crippen LogP contribution in [0.15, 0.2) is 29.9 Å². The van der Waals surface area contributed by atoms with Crippen molar-refractivity contribution in [2.75, 3.05) is 32.7 Å². The van der Waals surface area contributed by atoms with E-state index in [-0.39, 0.29) is 11.9 Å². The standard InChI is InChI=1S/C17H25N5OS/c1-14(15-4-3-11-24-15)19-17(23)13-22-9-7-21(8-10-22)12-16-18-5-6-20(16)2/h3-6,11,14H,7-10,12-13H2,1-2H3,(H,19,23). The third-order valence-electron chi connectivity index (χ3n) is 4.47. The van der Waals surface area contributed by atoms with Gasteiger partial charge in [0.15, 0.2) is 0 Å². The number of carbonyl (C=O) groups is 1. The summed E-state index contributed by atoms with van der Waals surface area (Å²) in [7, 11) is 2.03. The van der Waals surface area contributed by atoms with Crippen LogP contribution in [0.5, 0.6) is 0 Å². The Labute approximate surface area is 147 Å². The largest absolute Gasteiger partial charge is 0.348 e. The van der Waals surface area contributed by atoms with Crippen LogP contribution in [-0.2, 0) is 18.4 Å². The third-order valence-corrected chi connectivity index (χ3v) is 5.52. The Kier molecular flexibility index (Phi) is 5.65. The van der Waals surface area contributed by atoms with Crippen molar-refractivity contribution in [2.45, 2.75) is 19.5 Å². The molecular weight excluding hydrogens is 322 g/mol. The van der Waals surface area contributed by atoms with Gasteiger partial charge in [0.2, 0.25) is 5.91 Å². The first-order chi connectivity index (χ1) is 11.6. The van der Waals surface area contributed by atoms with Crippen molar-refractivity contribution >= 4 is 17.2 Å². The molecule has 130 valence electrons. The van der Waals surface area contributed by atoms with E-state index in [1.807, 2.05) is 37.8 Å². The van der Waals surface area contributed by atoms with Crippen LogP contribution in [0.4, 0.5) is 0 Å². The topological polar surface area (TPSA) is 53.4 Å². The molecule has 7 heteroatoms. The van der Waals surface area contributed by atoms with Gasteiger partial charge in [-0.05, 0) is 18.4 Å². The van der Waals surface area contributed by atoms with E-state index in [9.17, 15) is 4.79 Å². The molecule has 1 aliphatic rings. The van der Waals surface area contributed by atoms with Crippen molar-refractivity contribution < 1.29 is 4.79 Å². The quantitative estimate of drug-likeness (QED) is 0.860. The minimum absolute atomic E-state index is 0.0854. The van der Waals surface area contributed by atoms with Crippen LogP contribution in [0.1, 0.15) is 23.7 Å². The number of thiophene rings is 1. The van der Waals surface area contributed by atoms with Gasteiger partial charge in [-0.1, -0.05) is 6.07 Å². The van der Waals surface area contributed by atoms with Gasteiger partial charge in [0.25, 0.3) is 0 Å². The molecule has 1 unspecified atom stereocenters. The van der Waals surface area contributed by atoms with E-state index >= 15 is 0 Å². The van der Waals surface area contributed by atoms with Crippen molar-refractivity contribution in [3.63, 3.8) is 0 Å². The Balaban J connectivity index is 1.40. The number of aromatic nitrogens is 2. The van der Waals surface area contributed by atoms with Gasteiger partial charge in [-0.3, -0.25) is 14.6 Å². The molecule has 2 aromatic heterocycles. The number of nitrogens with zero attached hydrogens (tertiary/aromatic N) is 4. The molecule has 3 heterocycles. The maximum atomic E-state index is 12.2. The predicted molar refractivity (Wildman–Crippen MR) is 95.8 cm³/mol. The van der Waals surface area contributed by atoms with Crippen LogP contribution >= 0.6 is 11.3 Å². The zero-order chi connectivity index (χ0) is 16.9. The lowest BCUT2D eigenvalue weighted by atomic mass is 10.2. The zero-order valence-electron chi connectivity index (χ0n) is 14.3. The Hall–Kier alpha value is -1.70. The second-order valence-corrected chi connectivity index (χ2v) is 7.29. The van der Waals surface area contributed by atoms with Crippen LogP contribution in [0, 0.1) is 0 Å². The van der Waals surface area contributed by atoms with E-state index in [2.05, 4.69) is 30.7 Å². The number of aryl methyl sites for hydroxylation is 1. The molecule has 2 aromatic rings. The van der Waals surface area contributed by atoms with Crippen molar-refractivity contribution in [1.29, 1.82) is 0 Å². The molecular formula is C17H25N5OS. The van der Waals surface area contributed by atoms with Gasteiger partial charge in [0.05, 0.1) is 19.1 Å². The number of rotatable bonds is 6. The molecule has 0 aliphatic carbocycles. The molecule has 1 amide bonds. The van der Waals surface area contributed by atoms with Crippen LogP contribution in [-0.4, -0.2) is 58.0 Å². The van der Waals surface area contributed by atoms with E-state index in [4.69, 9.17) is 0 Å². The number of hydrogen-bond acceptors (Lipinski definition) is 5. The molecule has 0 saturated carbocycles. The second kappa shape index (κ2) is 7.92. The Morgan fingerprint density at radius 1 is 1.33 bits per heavy atom. The summed E-state index contributed by atoms with van der Waals surface area (Å²) in [6, 6.07) is 4.16. The number of piperazine rings is 1. The number of carbonyl (C=O) groups excluding carboxylic acids is 1. The summed E-state index contributed by atoms with van der Waals surface area (Å²) in [5, 5.41) is 5.13. The number of hydrogen-bond donors (Lipinski definition) is 1. The average Bonchev–Trinajstić information content (AvgIpc) is 3.22. The minimum Gasteiger partial charge on any atom is -0.348 e. The van der Waals surface area contributed by atoms with Gasteiger partial charge in [0.1, 0.15) is 5.82 Å². The van der Waals surface area contributed by atoms with E-state index < -0.39 is 0 Å². The summed E-state index contributed by atoms with van der Waals surface area (Å²) in [6.45, 7) is 7.18. The highest BCUT2D eigenvalue weighted by Crippen LogP contribution is 2.18. The number of imidazole rings is 1. The maximum absolute atomic E-state index is 12.2. The Morgan fingerprint density at radius 3 is 2.71 bits per heavy atom. The number of amides is 1. The molecule has 1 atom stereocenters. The monoisotopic (exact) mass is 347 g/mol.